The molecule has 1 unspecified atom stereocenters. The molecule has 0 aromatic carbocycles. The van der Waals surface area contributed by atoms with Crippen molar-refractivity contribution in [2.45, 2.75) is 19.3 Å². The molecule has 1 nitrogen and oxygen atoms in total. The zero-order chi connectivity index (χ0) is 4.99. The van der Waals surface area contributed by atoms with Gasteiger partial charge in [0, 0.05) is 13.2 Å². The molecule has 0 aliphatic rings. The van der Waals surface area contributed by atoms with E-state index < -0.39 is 0 Å². The summed E-state index contributed by atoms with van der Waals surface area (Å²) in [6.07, 6.45) is 0.821. The Labute approximate surface area is 40.1 Å². The van der Waals surface area contributed by atoms with Crippen LogP contribution in [0.5, 0.6) is 0 Å². The molecule has 0 aromatic heterocycles. The molecule has 34 valence electrons. The summed E-state index contributed by atoms with van der Waals surface area (Å²) >= 11 is 0. The summed E-state index contributed by atoms with van der Waals surface area (Å²) in [5, 5.41) is 0. The van der Waals surface area contributed by atoms with Gasteiger partial charge in [0.1, 0.15) is 0 Å². The molecular weight excluding hydrogens is 74.9 g/mol. The molecule has 0 heterocycles. The SMILES string of the molecule is [B]CC(C)OC. The van der Waals surface area contributed by atoms with Gasteiger partial charge in [-0.3, -0.25) is 0 Å². The second-order valence-corrected chi connectivity index (χ2v) is 1.28. The van der Waals surface area contributed by atoms with E-state index in [2.05, 4.69) is 0 Å². The first-order valence-corrected chi connectivity index (χ1v) is 2.04. The maximum atomic E-state index is 5.16. The van der Waals surface area contributed by atoms with Gasteiger partial charge in [-0.15, -0.1) is 0 Å². The maximum Gasteiger partial charge on any atom is 0.0687 e. The van der Waals surface area contributed by atoms with E-state index in [0.29, 0.717) is 6.32 Å². The molecule has 6 heavy (non-hydrogen) atoms. The molecule has 0 saturated carbocycles. The Morgan fingerprint density at radius 2 is 2.33 bits per heavy atom. The zero-order valence-corrected chi connectivity index (χ0v) is 4.27. The minimum Gasteiger partial charge on any atom is -0.383 e. The van der Waals surface area contributed by atoms with Gasteiger partial charge >= 0.3 is 0 Å². The topological polar surface area (TPSA) is 9.23 Å². The minimum atomic E-state index is 0.213. The highest BCUT2D eigenvalue weighted by Gasteiger charge is 1.88. The number of hydrogen-bond donors (Lipinski definition) is 0. The summed E-state index contributed by atoms with van der Waals surface area (Å²) in [5.74, 6) is 0. The Morgan fingerprint density at radius 1 is 1.83 bits per heavy atom. The monoisotopic (exact) mass is 84.1 g/mol. The first-order chi connectivity index (χ1) is 2.81. The van der Waals surface area contributed by atoms with Crippen LogP contribution in [-0.4, -0.2) is 21.1 Å². The van der Waals surface area contributed by atoms with E-state index in [0.717, 1.165) is 0 Å². The summed E-state index contributed by atoms with van der Waals surface area (Å²) in [6, 6.07) is 0. The highest BCUT2D eigenvalue weighted by Crippen LogP contribution is 1.88. The Kier molecular flexibility index (Phi) is 3.24. The first kappa shape index (κ1) is 6.02. The Morgan fingerprint density at radius 3 is 2.33 bits per heavy atom. The van der Waals surface area contributed by atoms with E-state index >= 15 is 0 Å². The minimum absolute atomic E-state index is 0.213. The highest BCUT2D eigenvalue weighted by molar-refractivity contribution is 6.08. The summed E-state index contributed by atoms with van der Waals surface area (Å²) in [4.78, 5) is 0. The van der Waals surface area contributed by atoms with Crippen molar-refractivity contribution in [1.82, 2.24) is 0 Å². The molecule has 0 bridgehead atoms. The van der Waals surface area contributed by atoms with Crippen LogP contribution < -0.4 is 0 Å². The van der Waals surface area contributed by atoms with Crippen LogP contribution in [0.3, 0.4) is 0 Å². The third-order valence-electron chi connectivity index (χ3n) is 0.734. The van der Waals surface area contributed by atoms with Gasteiger partial charge in [-0.05, 0) is 6.92 Å². The Hall–Kier alpha value is 0.0249. The lowest BCUT2D eigenvalue weighted by molar-refractivity contribution is 0.134. The van der Waals surface area contributed by atoms with Crippen LogP contribution >= 0.6 is 0 Å². The lowest BCUT2D eigenvalue weighted by Gasteiger charge is -2.01. The van der Waals surface area contributed by atoms with Crippen LogP contribution in [0.1, 0.15) is 6.92 Å². The van der Waals surface area contributed by atoms with Crippen LogP contribution in [0.15, 0.2) is 0 Å². The van der Waals surface area contributed by atoms with Crippen molar-refractivity contribution < 1.29 is 4.74 Å². The molecule has 0 saturated heterocycles. The van der Waals surface area contributed by atoms with Gasteiger partial charge < -0.3 is 4.74 Å². The number of ether oxygens (including phenoxy) is 1. The molecule has 0 aliphatic heterocycles. The van der Waals surface area contributed by atoms with Gasteiger partial charge in [-0.2, -0.15) is 0 Å². The van der Waals surface area contributed by atoms with Crippen LogP contribution in [-0.2, 0) is 4.74 Å². The molecule has 0 fully saturated rings. The van der Waals surface area contributed by atoms with Gasteiger partial charge in [0.15, 0.2) is 0 Å². The largest absolute Gasteiger partial charge is 0.383 e. The lowest BCUT2D eigenvalue weighted by atomic mass is 10.0. The summed E-state index contributed by atoms with van der Waals surface area (Å²) < 4.78 is 4.77. The van der Waals surface area contributed by atoms with Crippen molar-refractivity contribution in [3.63, 3.8) is 0 Å². The molecular formula is C4H9BO. The third-order valence-corrected chi connectivity index (χ3v) is 0.734. The van der Waals surface area contributed by atoms with Crippen molar-refractivity contribution in [3.8, 4) is 0 Å². The van der Waals surface area contributed by atoms with Crippen molar-refractivity contribution >= 4 is 7.85 Å². The Bertz CT molecular complexity index is 26.7. The van der Waals surface area contributed by atoms with Crippen molar-refractivity contribution in [1.29, 1.82) is 0 Å². The van der Waals surface area contributed by atoms with Crippen LogP contribution in [0, 0.1) is 0 Å². The van der Waals surface area contributed by atoms with Crippen LogP contribution in [0.4, 0.5) is 0 Å². The van der Waals surface area contributed by atoms with Crippen LogP contribution in [0.25, 0.3) is 0 Å². The van der Waals surface area contributed by atoms with Gasteiger partial charge in [-0.1, -0.05) is 6.32 Å². The quantitative estimate of drug-likeness (QED) is 0.445. The van der Waals surface area contributed by atoms with Gasteiger partial charge in [0.05, 0.1) is 7.85 Å². The predicted octanol–water partition coefficient (Wildman–Crippen LogP) is 0.608. The highest BCUT2D eigenvalue weighted by atomic mass is 16.5. The second kappa shape index (κ2) is 3.22. The molecule has 0 N–H and O–H groups in total. The first-order valence-electron chi connectivity index (χ1n) is 2.04. The van der Waals surface area contributed by atoms with Crippen LogP contribution in [0.2, 0.25) is 6.32 Å². The molecule has 1 atom stereocenters. The fourth-order valence-corrected chi connectivity index (χ4v) is 0.0962. The van der Waals surface area contributed by atoms with Gasteiger partial charge in [0.25, 0.3) is 0 Å². The lowest BCUT2D eigenvalue weighted by Crippen LogP contribution is -2.01. The fourth-order valence-electron chi connectivity index (χ4n) is 0.0962. The van der Waals surface area contributed by atoms with Crippen molar-refractivity contribution in [2.24, 2.45) is 0 Å². The number of methoxy groups -OCH3 is 1. The maximum absolute atomic E-state index is 5.16. The van der Waals surface area contributed by atoms with E-state index in [-0.39, 0.29) is 6.10 Å². The number of rotatable bonds is 2. The predicted molar refractivity (Wildman–Crippen MR) is 27.0 cm³/mol. The molecule has 2 radical (unpaired) electrons. The summed E-state index contributed by atoms with van der Waals surface area (Å²) in [7, 11) is 6.81. The van der Waals surface area contributed by atoms with E-state index in [1.807, 2.05) is 6.92 Å². The third kappa shape index (κ3) is 2.27. The van der Waals surface area contributed by atoms with Gasteiger partial charge in [-0.25, -0.2) is 0 Å². The zero-order valence-electron chi connectivity index (χ0n) is 4.27. The van der Waals surface area contributed by atoms with E-state index in [1.54, 1.807) is 7.11 Å². The number of hydrogen-bond acceptors (Lipinski definition) is 1. The smallest absolute Gasteiger partial charge is 0.0687 e. The normalized spacial score (nSPS) is 14.3. The Balaban J connectivity index is 2.75. The average molecular weight is 83.9 g/mol. The van der Waals surface area contributed by atoms with Crippen molar-refractivity contribution in [3.05, 3.63) is 0 Å². The fraction of sp³-hybridized carbons (Fsp3) is 1.00. The second-order valence-electron chi connectivity index (χ2n) is 1.28. The molecule has 0 rings (SSSR count). The molecule has 0 amide bonds. The van der Waals surface area contributed by atoms with Gasteiger partial charge in [0.2, 0.25) is 0 Å². The van der Waals surface area contributed by atoms with E-state index in [4.69, 9.17) is 12.6 Å². The molecule has 2 heteroatoms. The summed E-state index contributed by atoms with van der Waals surface area (Å²) in [6.45, 7) is 1.93. The molecule has 0 aliphatic carbocycles. The summed E-state index contributed by atoms with van der Waals surface area (Å²) in [5.41, 5.74) is 0. The average Bonchev–Trinajstić information content (AvgIpc) is 1.65. The molecule has 0 spiro atoms. The van der Waals surface area contributed by atoms with E-state index in [9.17, 15) is 0 Å². The van der Waals surface area contributed by atoms with Crippen molar-refractivity contribution in [2.75, 3.05) is 7.11 Å². The molecule has 0 aromatic rings. The standard InChI is InChI=1S/C4H9BO/c1-4(3-5)6-2/h4H,3H2,1-2H3. The van der Waals surface area contributed by atoms with E-state index in [1.165, 1.54) is 0 Å².